The van der Waals surface area contributed by atoms with Crippen molar-refractivity contribution in [2.45, 2.75) is 127 Å². The number of nitrogens with zero attached hydrogens (tertiary/aromatic N) is 3. The number of hydrogen-bond acceptors (Lipinski definition) is 12. The van der Waals surface area contributed by atoms with Gasteiger partial charge in [-0.2, -0.15) is 0 Å². The van der Waals surface area contributed by atoms with Gasteiger partial charge in [0.1, 0.15) is 35.7 Å². The molecule has 0 spiro atoms. The minimum atomic E-state index is -3.93. The Bertz CT molecular complexity index is 1900. The molecule has 1 saturated heterocycles. The Labute approximate surface area is 328 Å². The Hall–Kier alpha value is -4.12. The number of aromatic nitrogens is 2. The summed E-state index contributed by atoms with van der Waals surface area (Å²) in [5.74, 6) is -2.21. The smallest absolute Gasteiger partial charge is 0.408 e. The van der Waals surface area contributed by atoms with Gasteiger partial charge in [-0.3, -0.25) is 24.4 Å². The van der Waals surface area contributed by atoms with Crippen LogP contribution in [0.1, 0.15) is 91.7 Å². The maximum Gasteiger partial charge on any atom is 0.408 e. The van der Waals surface area contributed by atoms with Crippen molar-refractivity contribution in [1.29, 1.82) is 0 Å². The second-order valence-corrected chi connectivity index (χ2v) is 18.5. The lowest BCUT2D eigenvalue weighted by Crippen LogP contribution is -2.65. The van der Waals surface area contributed by atoms with Gasteiger partial charge in [0.2, 0.25) is 21.8 Å². The van der Waals surface area contributed by atoms with E-state index in [0.717, 1.165) is 25.7 Å². The van der Waals surface area contributed by atoms with E-state index >= 15 is 0 Å². The molecule has 2 aromatic rings. The molecule has 5 rings (SSSR count). The van der Waals surface area contributed by atoms with E-state index in [1.165, 1.54) is 11.0 Å². The molecular formula is C38H54N6O9S2. The predicted molar refractivity (Wildman–Crippen MR) is 209 cm³/mol. The third-order valence-corrected chi connectivity index (χ3v) is 13.3. The highest BCUT2D eigenvalue weighted by Gasteiger charge is 2.54. The number of benzene rings is 1. The Morgan fingerprint density at radius 1 is 1.11 bits per heavy atom. The first-order valence-corrected chi connectivity index (χ1v) is 20.9. The lowest BCUT2D eigenvalue weighted by atomic mass is 9.84. The molecule has 6 atom stereocenters. The molecule has 0 radical (unpaired) electrons. The van der Waals surface area contributed by atoms with Crippen molar-refractivity contribution < 1.29 is 41.8 Å². The van der Waals surface area contributed by atoms with Crippen LogP contribution in [0.25, 0.3) is 11.0 Å². The normalized spacial score (nSPS) is 25.5. The molecule has 1 aromatic carbocycles. The Morgan fingerprint density at radius 3 is 2.47 bits per heavy atom. The summed E-state index contributed by atoms with van der Waals surface area (Å²) in [5.41, 5.74) is 0.804. The minimum Gasteiger partial charge on any atom is -0.497 e. The summed E-state index contributed by atoms with van der Waals surface area (Å²) in [6, 6.07) is 2.80. The molecule has 3 aliphatic rings. The number of rotatable bonds is 8. The van der Waals surface area contributed by atoms with E-state index in [9.17, 15) is 27.6 Å². The first-order valence-electron chi connectivity index (χ1n) is 18.9. The number of alkyl carbamates (subject to hydrolysis) is 1. The minimum absolute atomic E-state index is 0.0402. The number of cyclic esters (lactones) is 1. The van der Waals surface area contributed by atoms with Crippen LogP contribution < -0.4 is 24.8 Å². The molecule has 2 unspecified atom stereocenters. The molecule has 55 heavy (non-hydrogen) atoms. The number of ether oxygens (including phenoxy) is 3. The summed E-state index contributed by atoms with van der Waals surface area (Å²) in [7, 11) is -2.38. The topological polar surface area (TPSA) is 195 Å². The third kappa shape index (κ3) is 9.83. The second-order valence-electron chi connectivity index (χ2n) is 15.8. The van der Waals surface area contributed by atoms with Gasteiger partial charge < -0.3 is 24.4 Å². The van der Waals surface area contributed by atoms with Crippen LogP contribution in [-0.4, -0.2) is 95.2 Å². The largest absolute Gasteiger partial charge is 0.497 e. The highest BCUT2D eigenvalue weighted by molar-refractivity contribution is 7.91. The van der Waals surface area contributed by atoms with Gasteiger partial charge in [0, 0.05) is 23.8 Å². The summed E-state index contributed by atoms with van der Waals surface area (Å²) in [6.07, 6.45) is 4.75. The Kier molecular flexibility index (Phi) is 12.9. The summed E-state index contributed by atoms with van der Waals surface area (Å²) < 4.78 is 45.1. The zero-order valence-electron chi connectivity index (χ0n) is 32.4. The Balaban J connectivity index is 1.54. The van der Waals surface area contributed by atoms with Crippen molar-refractivity contribution in [2.24, 2.45) is 11.3 Å². The van der Waals surface area contributed by atoms with Crippen molar-refractivity contribution in [2.75, 3.05) is 13.7 Å². The lowest BCUT2D eigenvalue weighted by molar-refractivity contribution is -0.144. The highest BCUT2D eigenvalue weighted by atomic mass is 32.2. The number of carbonyl (C=O) groups excluding carboxylic acids is 4. The maximum absolute atomic E-state index is 14.8. The van der Waals surface area contributed by atoms with Crippen LogP contribution in [0.5, 0.6) is 11.6 Å². The van der Waals surface area contributed by atoms with E-state index in [2.05, 4.69) is 21.9 Å². The Morgan fingerprint density at radius 2 is 1.82 bits per heavy atom. The van der Waals surface area contributed by atoms with Crippen molar-refractivity contribution >= 4 is 57.5 Å². The average molecular weight is 803 g/mol. The van der Waals surface area contributed by atoms with Gasteiger partial charge in [-0.25, -0.2) is 23.2 Å². The van der Waals surface area contributed by atoms with Crippen LogP contribution in [0, 0.1) is 11.3 Å². The number of methoxy groups -OCH3 is 1. The van der Waals surface area contributed by atoms with Crippen LogP contribution in [-0.2, 0) is 35.6 Å². The molecule has 1 aliphatic carbocycles. The monoisotopic (exact) mass is 802 g/mol. The number of hydrogen-bond donors (Lipinski definition) is 4. The van der Waals surface area contributed by atoms with E-state index in [1.54, 1.807) is 53.9 Å². The van der Waals surface area contributed by atoms with E-state index in [0.29, 0.717) is 48.2 Å². The summed E-state index contributed by atoms with van der Waals surface area (Å²) in [4.78, 5) is 65.0. The third-order valence-electron chi connectivity index (χ3n) is 10.5. The number of amides is 4. The van der Waals surface area contributed by atoms with Crippen LogP contribution in [0.15, 0.2) is 30.9 Å². The molecule has 15 nitrogen and oxygen atoms in total. The molecule has 302 valence electrons. The molecule has 1 aromatic heterocycles. The summed E-state index contributed by atoms with van der Waals surface area (Å²) in [5, 5.41) is 4.72. The van der Waals surface area contributed by atoms with E-state index in [1.807, 2.05) is 6.07 Å². The van der Waals surface area contributed by atoms with Crippen molar-refractivity contribution in [3.8, 4) is 11.6 Å². The zero-order chi connectivity index (χ0) is 40.3. The zero-order valence-corrected chi connectivity index (χ0v) is 34.1. The van der Waals surface area contributed by atoms with Crippen LogP contribution >= 0.6 is 12.6 Å². The number of thiol groups is 1. The van der Waals surface area contributed by atoms with E-state index < -0.39 is 79.6 Å². The van der Waals surface area contributed by atoms with Crippen LogP contribution in [0.3, 0.4) is 0 Å². The molecule has 2 fully saturated rings. The molecule has 4 amide bonds. The van der Waals surface area contributed by atoms with Gasteiger partial charge in [0.25, 0.3) is 11.8 Å². The number of fused-ring (bicyclic) bond motifs is 4. The SMILES string of the molecule is C=C[C@H](C)C(NC(=O)[C@@H]1CC2CN1C(=O)[C@@](S)(C(C)(C)C)NC(=O)O[C@@H](C)CCCCCCc1nc3ccc(OC)cc3nc1O2)C(=O)NS(=O)(=O)C1CC1. The number of sulfonamides is 1. The summed E-state index contributed by atoms with van der Waals surface area (Å²) >= 11 is 4.81. The van der Waals surface area contributed by atoms with Crippen molar-refractivity contribution in [1.82, 2.24) is 30.2 Å². The van der Waals surface area contributed by atoms with E-state index in [4.69, 9.17) is 36.8 Å². The predicted octanol–water partition coefficient (Wildman–Crippen LogP) is 4.20. The maximum atomic E-state index is 14.8. The fourth-order valence-corrected chi connectivity index (χ4v) is 8.26. The number of carbonyl (C=O) groups is 4. The van der Waals surface area contributed by atoms with Gasteiger partial charge >= 0.3 is 6.09 Å². The molecular weight excluding hydrogens is 749 g/mol. The molecule has 2 bridgehead atoms. The lowest BCUT2D eigenvalue weighted by Gasteiger charge is -2.43. The van der Waals surface area contributed by atoms with Gasteiger partial charge in [0.05, 0.1) is 29.9 Å². The van der Waals surface area contributed by atoms with E-state index in [-0.39, 0.29) is 18.8 Å². The average Bonchev–Trinajstić information content (AvgIpc) is 3.91. The fourth-order valence-electron chi connectivity index (χ4n) is 6.71. The number of aryl methyl sites for hydroxylation is 1. The molecule has 3 heterocycles. The van der Waals surface area contributed by atoms with Crippen molar-refractivity contribution in [3.63, 3.8) is 0 Å². The van der Waals surface area contributed by atoms with Gasteiger partial charge in [-0.1, -0.05) is 46.6 Å². The molecule has 2 aliphatic heterocycles. The van der Waals surface area contributed by atoms with Crippen LogP contribution in [0.2, 0.25) is 0 Å². The standard InChI is InChI=1S/C38H54N6O9S2/c1-8-22(2)31(33(46)43-55(49,50)26-16-17-26)41-32(45)30-20-25-21-44(30)35(47)38(54,37(4,5)6)42-36(48)52-23(3)13-11-9-10-12-14-28-34(53-25)40-29-19-24(51-7)15-18-27(29)39-28/h8,15,18-19,22-23,25-26,30-31,54H,1,9-14,16-17,20-21H2,2-7H3,(H,41,45)(H,42,48)(H,43,46)/t22-,23-,25?,30-,31?,38+/m0/s1. The highest BCUT2D eigenvalue weighted by Crippen LogP contribution is 2.39. The van der Waals surface area contributed by atoms with Gasteiger partial charge in [-0.05, 0) is 57.6 Å². The first-order chi connectivity index (χ1) is 25.9. The van der Waals surface area contributed by atoms with Gasteiger partial charge in [0.15, 0.2) is 4.87 Å². The molecule has 3 N–H and O–H groups in total. The van der Waals surface area contributed by atoms with Crippen LogP contribution in [0.4, 0.5) is 4.79 Å². The molecule has 1 saturated carbocycles. The number of nitrogens with one attached hydrogen (secondary N) is 3. The summed E-state index contributed by atoms with van der Waals surface area (Å²) in [6.45, 7) is 12.2. The van der Waals surface area contributed by atoms with Crippen molar-refractivity contribution in [3.05, 3.63) is 36.5 Å². The van der Waals surface area contributed by atoms with Gasteiger partial charge in [-0.15, -0.1) is 19.2 Å². The second kappa shape index (κ2) is 16.9. The fraction of sp³-hybridized carbons (Fsp3) is 0.632. The quantitative estimate of drug-likeness (QED) is 0.221. The molecule has 17 heteroatoms. The first kappa shape index (κ1) is 42.0.